The SMILES string of the molecule is CC(NCc1ccon1)c1ccc(C#N)s1. The molecule has 4 nitrogen and oxygen atoms in total. The van der Waals surface area contributed by atoms with Crippen molar-refractivity contribution in [3.63, 3.8) is 0 Å². The van der Waals surface area contributed by atoms with Gasteiger partial charge in [0.25, 0.3) is 0 Å². The monoisotopic (exact) mass is 233 g/mol. The normalized spacial score (nSPS) is 12.2. The van der Waals surface area contributed by atoms with E-state index in [1.807, 2.05) is 18.2 Å². The van der Waals surface area contributed by atoms with E-state index in [4.69, 9.17) is 9.78 Å². The summed E-state index contributed by atoms with van der Waals surface area (Å²) in [6, 6.07) is 7.99. The number of hydrogen-bond acceptors (Lipinski definition) is 5. The number of nitriles is 1. The van der Waals surface area contributed by atoms with E-state index in [0.29, 0.717) is 6.54 Å². The Morgan fingerprint density at radius 2 is 2.44 bits per heavy atom. The van der Waals surface area contributed by atoms with Crippen LogP contribution in [0.5, 0.6) is 0 Å². The fourth-order valence-corrected chi connectivity index (χ4v) is 2.16. The molecule has 0 aliphatic rings. The number of hydrogen-bond donors (Lipinski definition) is 1. The molecule has 2 aromatic rings. The lowest BCUT2D eigenvalue weighted by Gasteiger charge is -2.09. The number of aromatic nitrogens is 1. The molecule has 5 heteroatoms. The fourth-order valence-electron chi connectivity index (χ4n) is 1.33. The van der Waals surface area contributed by atoms with Gasteiger partial charge in [-0.2, -0.15) is 5.26 Å². The van der Waals surface area contributed by atoms with Gasteiger partial charge >= 0.3 is 0 Å². The predicted molar refractivity (Wildman–Crippen MR) is 60.8 cm³/mol. The van der Waals surface area contributed by atoms with Crippen molar-refractivity contribution in [3.8, 4) is 6.07 Å². The van der Waals surface area contributed by atoms with Crippen LogP contribution in [0.15, 0.2) is 29.0 Å². The lowest BCUT2D eigenvalue weighted by atomic mass is 10.2. The highest BCUT2D eigenvalue weighted by Gasteiger charge is 2.08. The van der Waals surface area contributed by atoms with E-state index < -0.39 is 0 Å². The molecule has 1 atom stereocenters. The van der Waals surface area contributed by atoms with Crippen LogP contribution in [-0.2, 0) is 6.54 Å². The van der Waals surface area contributed by atoms with E-state index in [2.05, 4.69) is 23.5 Å². The van der Waals surface area contributed by atoms with Crippen LogP contribution < -0.4 is 5.32 Å². The average Bonchev–Trinajstić information content (AvgIpc) is 2.96. The van der Waals surface area contributed by atoms with Crippen molar-refractivity contribution in [3.05, 3.63) is 39.9 Å². The Bertz CT molecular complexity index is 484. The Labute approximate surface area is 97.5 Å². The van der Waals surface area contributed by atoms with Gasteiger partial charge in [-0.05, 0) is 19.1 Å². The van der Waals surface area contributed by atoms with E-state index in [1.165, 1.54) is 11.3 Å². The molecule has 0 radical (unpaired) electrons. The highest BCUT2D eigenvalue weighted by Crippen LogP contribution is 2.22. The van der Waals surface area contributed by atoms with Crippen molar-refractivity contribution in [1.82, 2.24) is 10.5 Å². The molecule has 0 aliphatic heterocycles. The van der Waals surface area contributed by atoms with Crippen LogP contribution in [0.3, 0.4) is 0 Å². The predicted octanol–water partition coefficient (Wildman–Crippen LogP) is 2.46. The zero-order valence-electron chi connectivity index (χ0n) is 8.80. The van der Waals surface area contributed by atoms with E-state index in [0.717, 1.165) is 15.4 Å². The molecule has 0 spiro atoms. The van der Waals surface area contributed by atoms with Gasteiger partial charge in [-0.3, -0.25) is 0 Å². The van der Waals surface area contributed by atoms with Crippen LogP contribution >= 0.6 is 11.3 Å². The van der Waals surface area contributed by atoms with E-state index in [-0.39, 0.29) is 6.04 Å². The smallest absolute Gasteiger partial charge is 0.124 e. The second-order valence-electron chi connectivity index (χ2n) is 3.41. The minimum absolute atomic E-state index is 0.212. The first kappa shape index (κ1) is 10.9. The minimum Gasteiger partial charge on any atom is -0.364 e. The van der Waals surface area contributed by atoms with Crippen LogP contribution in [0.2, 0.25) is 0 Å². The molecule has 0 saturated carbocycles. The molecular formula is C11H11N3OS. The highest BCUT2D eigenvalue weighted by molar-refractivity contribution is 7.12. The number of rotatable bonds is 4. The maximum Gasteiger partial charge on any atom is 0.124 e. The summed E-state index contributed by atoms with van der Waals surface area (Å²) in [6.07, 6.45) is 1.56. The molecule has 16 heavy (non-hydrogen) atoms. The van der Waals surface area contributed by atoms with Gasteiger partial charge in [-0.15, -0.1) is 11.3 Å². The molecule has 2 aromatic heterocycles. The zero-order valence-corrected chi connectivity index (χ0v) is 9.62. The largest absolute Gasteiger partial charge is 0.364 e. The topological polar surface area (TPSA) is 61.9 Å². The van der Waals surface area contributed by atoms with Gasteiger partial charge in [-0.1, -0.05) is 5.16 Å². The van der Waals surface area contributed by atoms with Crippen LogP contribution in [0.4, 0.5) is 0 Å². The summed E-state index contributed by atoms with van der Waals surface area (Å²) in [5, 5.41) is 15.9. The van der Waals surface area contributed by atoms with Gasteiger partial charge in [0.2, 0.25) is 0 Å². The quantitative estimate of drug-likeness (QED) is 0.881. The average molecular weight is 233 g/mol. The van der Waals surface area contributed by atoms with E-state index in [1.54, 1.807) is 6.26 Å². The molecule has 1 N–H and O–H groups in total. The second kappa shape index (κ2) is 4.92. The first-order valence-corrected chi connectivity index (χ1v) is 5.73. The second-order valence-corrected chi connectivity index (χ2v) is 4.52. The Hall–Kier alpha value is -1.64. The lowest BCUT2D eigenvalue weighted by Crippen LogP contribution is -2.17. The van der Waals surface area contributed by atoms with E-state index in [9.17, 15) is 0 Å². The van der Waals surface area contributed by atoms with Crippen molar-refractivity contribution < 1.29 is 4.52 Å². The van der Waals surface area contributed by atoms with Crippen molar-refractivity contribution in [2.24, 2.45) is 0 Å². The molecule has 0 aromatic carbocycles. The van der Waals surface area contributed by atoms with Gasteiger partial charge in [0.15, 0.2) is 0 Å². The molecule has 0 fully saturated rings. The summed E-state index contributed by atoms with van der Waals surface area (Å²) in [5.41, 5.74) is 0.879. The Morgan fingerprint density at radius 1 is 1.56 bits per heavy atom. The summed E-state index contributed by atoms with van der Waals surface area (Å²) in [5.74, 6) is 0. The Kier molecular flexibility index (Phi) is 3.34. The van der Waals surface area contributed by atoms with Crippen LogP contribution in [0, 0.1) is 11.3 Å². The lowest BCUT2D eigenvalue weighted by molar-refractivity contribution is 0.406. The van der Waals surface area contributed by atoms with Crippen molar-refractivity contribution in [1.29, 1.82) is 5.26 Å². The third-order valence-corrected chi connectivity index (χ3v) is 3.42. The molecule has 2 heterocycles. The van der Waals surface area contributed by atoms with E-state index >= 15 is 0 Å². The summed E-state index contributed by atoms with van der Waals surface area (Å²) in [7, 11) is 0. The third kappa shape index (κ3) is 2.48. The van der Waals surface area contributed by atoms with Crippen LogP contribution in [-0.4, -0.2) is 5.16 Å². The van der Waals surface area contributed by atoms with Gasteiger partial charge in [0, 0.05) is 23.5 Å². The molecule has 0 saturated heterocycles. The fraction of sp³-hybridized carbons (Fsp3) is 0.273. The maximum absolute atomic E-state index is 8.73. The number of thiophene rings is 1. The standard InChI is InChI=1S/C11H11N3OS/c1-8(11-3-2-10(6-12)16-11)13-7-9-4-5-15-14-9/h2-5,8,13H,7H2,1H3. The minimum atomic E-state index is 0.212. The van der Waals surface area contributed by atoms with Crippen molar-refractivity contribution in [2.45, 2.75) is 19.5 Å². The highest BCUT2D eigenvalue weighted by atomic mass is 32.1. The molecule has 0 bridgehead atoms. The van der Waals surface area contributed by atoms with Crippen LogP contribution in [0.1, 0.15) is 28.4 Å². The molecule has 1 unspecified atom stereocenters. The summed E-state index contributed by atoms with van der Waals surface area (Å²) >= 11 is 1.51. The van der Waals surface area contributed by atoms with Gasteiger partial charge in [-0.25, -0.2) is 0 Å². The summed E-state index contributed by atoms with van der Waals surface area (Å²) in [4.78, 5) is 1.89. The molecule has 2 rings (SSSR count). The molecule has 82 valence electrons. The van der Waals surface area contributed by atoms with Crippen molar-refractivity contribution >= 4 is 11.3 Å². The Morgan fingerprint density at radius 3 is 3.06 bits per heavy atom. The zero-order chi connectivity index (χ0) is 11.4. The first-order chi connectivity index (χ1) is 7.79. The van der Waals surface area contributed by atoms with Crippen LogP contribution in [0.25, 0.3) is 0 Å². The summed E-state index contributed by atoms with van der Waals surface area (Å²) < 4.78 is 4.74. The first-order valence-electron chi connectivity index (χ1n) is 4.92. The third-order valence-electron chi connectivity index (χ3n) is 2.24. The summed E-state index contributed by atoms with van der Waals surface area (Å²) in [6.45, 7) is 2.73. The van der Waals surface area contributed by atoms with Gasteiger partial charge in [0.05, 0.1) is 5.69 Å². The van der Waals surface area contributed by atoms with Gasteiger partial charge < -0.3 is 9.84 Å². The Balaban J connectivity index is 1.93. The molecule has 0 amide bonds. The van der Waals surface area contributed by atoms with Crippen molar-refractivity contribution in [2.75, 3.05) is 0 Å². The molecule has 0 aliphatic carbocycles. The van der Waals surface area contributed by atoms with Gasteiger partial charge in [0.1, 0.15) is 17.2 Å². The maximum atomic E-state index is 8.73. The number of nitrogens with one attached hydrogen (secondary N) is 1. The molecular weight excluding hydrogens is 222 g/mol. The number of nitrogens with zero attached hydrogens (tertiary/aromatic N) is 2.